The lowest BCUT2D eigenvalue weighted by molar-refractivity contribution is 0.385. The summed E-state index contributed by atoms with van der Waals surface area (Å²) in [6, 6.07) is 0. The third-order valence-corrected chi connectivity index (χ3v) is 2.42. The topological polar surface area (TPSA) is 62.8 Å². The summed E-state index contributed by atoms with van der Waals surface area (Å²) in [7, 11) is 0. The van der Waals surface area contributed by atoms with Crippen molar-refractivity contribution < 1.29 is 4.52 Å². The quantitative estimate of drug-likeness (QED) is 0.674. The predicted octanol–water partition coefficient (Wildman–Crippen LogP) is 1.45. The van der Waals surface area contributed by atoms with E-state index >= 15 is 0 Å². The highest BCUT2D eigenvalue weighted by atomic mass is 16.5. The molecule has 0 bridgehead atoms. The van der Waals surface area contributed by atoms with Gasteiger partial charge in [0.15, 0.2) is 5.82 Å². The molecular formula is C8H11N3O. The zero-order valence-electron chi connectivity index (χ0n) is 7.22. The van der Waals surface area contributed by atoms with Crippen molar-refractivity contribution in [1.82, 2.24) is 10.1 Å². The van der Waals surface area contributed by atoms with E-state index in [0.717, 1.165) is 12.8 Å². The number of nitrogens with one attached hydrogen (secondary N) is 1. The van der Waals surface area contributed by atoms with E-state index in [1.807, 2.05) is 0 Å². The molecule has 0 aromatic carbocycles. The van der Waals surface area contributed by atoms with E-state index in [0.29, 0.717) is 17.4 Å². The Morgan fingerprint density at radius 1 is 1.58 bits per heavy atom. The molecule has 1 aliphatic rings. The average Bonchev–Trinajstić information content (AvgIpc) is 2.71. The molecule has 0 aliphatic heterocycles. The van der Waals surface area contributed by atoms with E-state index in [2.05, 4.69) is 10.1 Å². The monoisotopic (exact) mass is 165 g/mol. The zero-order chi connectivity index (χ0) is 8.77. The van der Waals surface area contributed by atoms with Crippen molar-refractivity contribution in [2.24, 2.45) is 0 Å². The van der Waals surface area contributed by atoms with Gasteiger partial charge in [-0.25, -0.2) is 0 Å². The van der Waals surface area contributed by atoms with E-state index in [4.69, 9.17) is 9.93 Å². The molecule has 1 heterocycles. The van der Waals surface area contributed by atoms with E-state index in [1.54, 1.807) is 13.8 Å². The highest BCUT2D eigenvalue weighted by Crippen LogP contribution is 2.47. The maximum Gasteiger partial charge on any atom is 0.223 e. The van der Waals surface area contributed by atoms with Crippen LogP contribution < -0.4 is 0 Å². The van der Waals surface area contributed by atoms with Gasteiger partial charge < -0.3 is 9.93 Å². The molecule has 1 saturated carbocycles. The lowest BCUT2D eigenvalue weighted by Gasteiger charge is -2.06. The molecule has 12 heavy (non-hydrogen) atoms. The van der Waals surface area contributed by atoms with Gasteiger partial charge in [-0.2, -0.15) is 4.98 Å². The van der Waals surface area contributed by atoms with Crippen LogP contribution in [0.15, 0.2) is 4.52 Å². The van der Waals surface area contributed by atoms with Crippen LogP contribution in [0, 0.1) is 12.3 Å². The van der Waals surface area contributed by atoms with E-state index in [9.17, 15) is 0 Å². The predicted molar refractivity (Wildman–Crippen MR) is 43.3 cm³/mol. The molecule has 1 aliphatic carbocycles. The molecule has 1 aromatic heterocycles. The zero-order valence-corrected chi connectivity index (χ0v) is 7.22. The standard InChI is InChI=1S/C8H11N3O/c1-5(9)8(3-4-8)7-10-6(2)12-11-7/h9H,3-4H2,1-2H3. The van der Waals surface area contributed by atoms with Gasteiger partial charge >= 0.3 is 0 Å². The van der Waals surface area contributed by atoms with E-state index < -0.39 is 0 Å². The first-order chi connectivity index (χ1) is 5.65. The average molecular weight is 165 g/mol. The summed E-state index contributed by atoms with van der Waals surface area (Å²) in [4.78, 5) is 4.15. The third-order valence-electron chi connectivity index (χ3n) is 2.42. The van der Waals surface area contributed by atoms with E-state index in [1.165, 1.54) is 0 Å². The van der Waals surface area contributed by atoms with Gasteiger partial charge in [-0.3, -0.25) is 0 Å². The Morgan fingerprint density at radius 2 is 2.25 bits per heavy atom. The molecule has 1 N–H and O–H groups in total. The lowest BCUT2D eigenvalue weighted by Crippen LogP contribution is -2.17. The number of hydrogen-bond acceptors (Lipinski definition) is 4. The van der Waals surface area contributed by atoms with Crippen molar-refractivity contribution in [2.45, 2.75) is 32.1 Å². The van der Waals surface area contributed by atoms with Gasteiger partial charge in [0.05, 0.1) is 5.41 Å². The molecule has 0 atom stereocenters. The van der Waals surface area contributed by atoms with Crippen molar-refractivity contribution in [3.63, 3.8) is 0 Å². The van der Waals surface area contributed by atoms with Crippen molar-refractivity contribution >= 4 is 5.71 Å². The number of rotatable bonds is 2. The van der Waals surface area contributed by atoms with Crippen LogP contribution in [-0.4, -0.2) is 15.9 Å². The molecule has 1 aromatic rings. The Kier molecular flexibility index (Phi) is 1.34. The highest BCUT2D eigenvalue weighted by Gasteiger charge is 2.50. The Morgan fingerprint density at radius 3 is 2.58 bits per heavy atom. The van der Waals surface area contributed by atoms with Crippen LogP contribution in [0.4, 0.5) is 0 Å². The fourth-order valence-electron chi connectivity index (χ4n) is 1.38. The first-order valence-corrected chi connectivity index (χ1v) is 4.01. The number of hydrogen-bond donors (Lipinski definition) is 1. The molecule has 2 rings (SSSR count). The summed E-state index contributed by atoms with van der Waals surface area (Å²) < 4.78 is 4.88. The fourth-order valence-corrected chi connectivity index (χ4v) is 1.38. The Labute approximate surface area is 70.5 Å². The molecule has 0 unspecified atom stereocenters. The van der Waals surface area contributed by atoms with Gasteiger partial charge in [-0.1, -0.05) is 5.16 Å². The van der Waals surface area contributed by atoms with Crippen LogP contribution in [-0.2, 0) is 5.41 Å². The van der Waals surface area contributed by atoms with E-state index in [-0.39, 0.29) is 5.41 Å². The van der Waals surface area contributed by atoms with Gasteiger partial charge in [0.25, 0.3) is 0 Å². The lowest BCUT2D eigenvalue weighted by atomic mass is 10.0. The second kappa shape index (κ2) is 2.15. The largest absolute Gasteiger partial charge is 0.340 e. The molecule has 1 fully saturated rings. The molecule has 0 saturated heterocycles. The molecule has 0 amide bonds. The maximum absolute atomic E-state index is 7.58. The molecule has 4 nitrogen and oxygen atoms in total. The minimum atomic E-state index is -0.169. The molecule has 64 valence electrons. The van der Waals surface area contributed by atoms with Crippen LogP contribution in [0.2, 0.25) is 0 Å². The minimum absolute atomic E-state index is 0.169. The second-order valence-electron chi connectivity index (χ2n) is 3.34. The molecule has 4 heteroatoms. The summed E-state index contributed by atoms with van der Waals surface area (Å²) in [6.45, 7) is 3.57. The Balaban J connectivity index is 2.36. The Hall–Kier alpha value is -1.19. The van der Waals surface area contributed by atoms with Crippen LogP contribution in [0.3, 0.4) is 0 Å². The van der Waals surface area contributed by atoms with Gasteiger partial charge in [-0.15, -0.1) is 0 Å². The van der Waals surface area contributed by atoms with Crippen molar-refractivity contribution in [3.8, 4) is 0 Å². The first kappa shape index (κ1) is 7.46. The third kappa shape index (κ3) is 0.873. The molecule has 0 radical (unpaired) electrons. The summed E-state index contributed by atoms with van der Waals surface area (Å²) in [5.74, 6) is 1.27. The van der Waals surface area contributed by atoms with Crippen LogP contribution >= 0.6 is 0 Å². The normalized spacial score (nSPS) is 19.2. The Bertz CT molecular complexity index is 325. The summed E-state index contributed by atoms with van der Waals surface area (Å²) in [5, 5.41) is 11.4. The SMILES string of the molecule is CC(=N)C1(c2noc(C)n2)CC1. The van der Waals surface area contributed by atoms with Crippen molar-refractivity contribution in [3.05, 3.63) is 11.7 Å². The number of nitrogens with zero attached hydrogens (tertiary/aromatic N) is 2. The smallest absolute Gasteiger partial charge is 0.223 e. The fraction of sp³-hybridized carbons (Fsp3) is 0.625. The molecular weight excluding hydrogens is 154 g/mol. The first-order valence-electron chi connectivity index (χ1n) is 4.01. The number of aromatic nitrogens is 2. The van der Waals surface area contributed by atoms with Crippen LogP contribution in [0.1, 0.15) is 31.5 Å². The summed E-state index contributed by atoms with van der Waals surface area (Å²) in [5.41, 5.74) is 0.473. The minimum Gasteiger partial charge on any atom is -0.340 e. The maximum atomic E-state index is 7.58. The van der Waals surface area contributed by atoms with Gasteiger partial charge in [0.1, 0.15) is 0 Å². The van der Waals surface area contributed by atoms with Crippen LogP contribution in [0.5, 0.6) is 0 Å². The number of aryl methyl sites for hydroxylation is 1. The van der Waals surface area contributed by atoms with Gasteiger partial charge in [0, 0.05) is 12.6 Å². The van der Waals surface area contributed by atoms with Crippen molar-refractivity contribution in [1.29, 1.82) is 5.41 Å². The van der Waals surface area contributed by atoms with Crippen LogP contribution in [0.25, 0.3) is 0 Å². The second-order valence-corrected chi connectivity index (χ2v) is 3.34. The highest BCUT2D eigenvalue weighted by molar-refractivity contribution is 5.92. The van der Waals surface area contributed by atoms with Crippen molar-refractivity contribution in [2.75, 3.05) is 0 Å². The summed E-state index contributed by atoms with van der Waals surface area (Å²) in [6.07, 6.45) is 1.97. The van der Waals surface area contributed by atoms with Gasteiger partial charge in [-0.05, 0) is 19.8 Å². The molecule has 0 spiro atoms. The summed E-state index contributed by atoms with van der Waals surface area (Å²) >= 11 is 0. The van der Waals surface area contributed by atoms with Gasteiger partial charge in [0.2, 0.25) is 5.89 Å².